The van der Waals surface area contributed by atoms with Crippen LogP contribution in [0.5, 0.6) is 5.75 Å². The molecular weight excluding hydrogens is 368 g/mol. The van der Waals surface area contributed by atoms with Crippen LogP contribution in [0.25, 0.3) is 0 Å². The van der Waals surface area contributed by atoms with E-state index >= 15 is 0 Å². The fraction of sp³-hybridized carbons (Fsp3) is 0.562. The lowest BCUT2D eigenvalue weighted by atomic mass is 10.2. The molecule has 1 rings (SSSR count). The van der Waals surface area contributed by atoms with Gasteiger partial charge >= 0.3 is 6.09 Å². The molecule has 0 heterocycles. The van der Waals surface area contributed by atoms with Crippen molar-refractivity contribution in [1.82, 2.24) is 5.32 Å². The van der Waals surface area contributed by atoms with Gasteiger partial charge in [0.05, 0.1) is 25.6 Å². The second-order valence-electron chi connectivity index (χ2n) is 6.54. The van der Waals surface area contributed by atoms with E-state index < -0.39 is 21.7 Å². The lowest BCUT2D eigenvalue weighted by Gasteiger charge is -2.25. The largest absolute Gasteiger partial charge is 0.494 e. The SMILES string of the molecule is COc1cc(Cl)c(C)cc1N(CCNC(=O)OC(C)(C)C)S(C)(=O)=O. The first-order chi connectivity index (χ1) is 11.3. The Morgan fingerprint density at radius 2 is 1.92 bits per heavy atom. The number of rotatable bonds is 6. The second kappa shape index (κ2) is 8.14. The van der Waals surface area contributed by atoms with Crippen LogP contribution in [0.15, 0.2) is 12.1 Å². The Morgan fingerprint density at radius 1 is 1.32 bits per heavy atom. The minimum absolute atomic E-state index is 0.0233. The van der Waals surface area contributed by atoms with Crippen LogP contribution in [0.4, 0.5) is 10.5 Å². The maximum Gasteiger partial charge on any atom is 0.407 e. The number of benzene rings is 1. The van der Waals surface area contributed by atoms with Gasteiger partial charge in [-0.1, -0.05) is 11.6 Å². The van der Waals surface area contributed by atoms with E-state index in [9.17, 15) is 13.2 Å². The monoisotopic (exact) mass is 392 g/mol. The van der Waals surface area contributed by atoms with Crippen LogP contribution in [0.2, 0.25) is 5.02 Å². The molecule has 1 aromatic carbocycles. The van der Waals surface area contributed by atoms with E-state index in [1.165, 1.54) is 7.11 Å². The van der Waals surface area contributed by atoms with Gasteiger partial charge in [-0.05, 0) is 39.3 Å². The molecule has 0 atom stereocenters. The number of nitrogens with zero attached hydrogens (tertiary/aromatic N) is 1. The molecule has 7 nitrogen and oxygen atoms in total. The number of carbonyl (C=O) groups is 1. The number of hydrogen-bond donors (Lipinski definition) is 1. The van der Waals surface area contributed by atoms with Crippen molar-refractivity contribution in [3.05, 3.63) is 22.7 Å². The molecule has 0 saturated carbocycles. The van der Waals surface area contributed by atoms with Crippen molar-refractivity contribution in [3.8, 4) is 5.75 Å². The van der Waals surface area contributed by atoms with Crippen LogP contribution in [0.1, 0.15) is 26.3 Å². The number of hydrogen-bond acceptors (Lipinski definition) is 5. The highest BCUT2D eigenvalue weighted by Gasteiger charge is 2.23. The van der Waals surface area contributed by atoms with Gasteiger partial charge in [-0.3, -0.25) is 4.31 Å². The predicted octanol–water partition coefficient (Wildman–Crippen LogP) is 2.95. The molecule has 1 aromatic rings. The van der Waals surface area contributed by atoms with Crippen molar-refractivity contribution in [1.29, 1.82) is 0 Å². The van der Waals surface area contributed by atoms with Gasteiger partial charge in [-0.15, -0.1) is 0 Å². The number of methoxy groups -OCH3 is 1. The Labute approximate surface area is 154 Å². The number of sulfonamides is 1. The minimum Gasteiger partial charge on any atom is -0.494 e. The van der Waals surface area contributed by atoms with E-state index in [0.717, 1.165) is 10.6 Å². The molecule has 0 fully saturated rings. The Morgan fingerprint density at radius 3 is 2.40 bits per heavy atom. The maximum atomic E-state index is 12.2. The van der Waals surface area contributed by atoms with Crippen molar-refractivity contribution < 1.29 is 22.7 Å². The number of anilines is 1. The molecule has 25 heavy (non-hydrogen) atoms. The van der Waals surface area contributed by atoms with Gasteiger partial charge in [-0.25, -0.2) is 13.2 Å². The summed E-state index contributed by atoms with van der Waals surface area (Å²) in [5, 5.41) is 3.01. The maximum absolute atomic E-state index is 12.2. The summed E-state index contributed by atoms with van der Waals surface area (Å²) in [7, 11) is -2.16. The molecule has 0 saturated heterocycles. The lowest BCUT2D eigenvalue weighted by Crippen LogP contribution is -2.40. The van der Waals surface area contributed by atoms with Gasteiger partial charge < -0.3 is 14.8 Å². The van der Waals surface area contributed by atoms with Crippen LogP contribution in [-0.4, -0.2) is 46.6 Å². The van der Waals surface area contributed by atoms with E-state index in [2.05, 4.69) is 5.32 Å². The van der Waals surface area contributed by atoms with Crippen LogP contribution in [0, 0.1) is 6.92 Å². The van der Waals surface area contributed by atoms with Gasteiger partial charge in [0.1, 0.15) is 11.4 Å². The van der Waals surface area contributed by atoms with Crippen LogP contribution >= 0.6 is 11.6 Å². The van der Waals surface area contributed by atoms with E-state index in [4.69, 9.17) is 21.1 Å². The van der Waals surface area contributed by atoms with E-state index in [-0.39, 0.29) is 13.1 Å². The zero-order valence-electron chi connectivity index (χ0n) is 15.3. The number of nitrogens with one attached hydrogen (secondary N) is 1. The molecular formula is C16H25ClN2O5S. The van der Waals surface area contributed by atoms with Gasteiger partial charge in [-0.2, -0.15) is 0 Å². The van der Waals surface area contributed by atoms with Gasteiger partial charge in [0, 0.05) is 17.6 Å². The quantitative estimate of drug-likeness (QED) is 0.804. The van der Waals surface area contributed by atoms with Gasteiger partial charge in [0.2, 0.25) is 10.0 Å². The third-order valence-electron chi connectivity index (χ3n) is 3.11. The smallest absolute Gasteiger partial charge is 0.407 e. The average molecular weight is 393 g/mol. The van der Waals surface area contributed by atoms with Gasteiger partial charge in [0.15, 0.2) is 0 Å². The molecule has 0 bridgehead atoms. The van der Waals surface area contributed by atoms with E-state index in [0.29, 0.717) is 22.0 Å². The fourth-order valence-corrected chi connectivity index (χ4v) is 3.12. The number of ether oxygens (including phenoxy) is 2. The summed E-state index contributed by atoms with van der Waals surface area (Å²) >= 11 is 6.07. The van der Waals surface area contributed by atoms with Crippen LogP contribution in [-0.2, 0) is 14.8 Å². The molecule has 9 heteroatoms. The van der Waals surface area contributed by atoms with Gasteiger partial charge in [0.25, 0.3) is 0 Å². The van der Waals surface area contributed by atoms with Crippen molar-refractivity contribution in [2.75, 3.05) is 30.8 Å². The number of amides is 1. The molecule has 1 N–H and O–H groups in total. The first-order valence-electron chi connectivity index (χ1n) is 7.64. The molecule has 0 radical (unpaired) electrons. The number of halogens is 1. The second-order valence-corrected chi connectivity index (χ2v) is 8.85. The fourth-order valence-electron chi connectivity index (χ4n) is 2.05. The van der Waals surface area contributed by atoms with Crippen LogP contribution in [0.3, 0.4) is 0 Å². The Bertz CT molecular complexity index is 729. The Kier molecular flexibility index (Phi) is 6.96. The summed E-state index contributed by atoms with van der Waals surface area (Å²) in [6.45, 7) is 7.11. The molecule has 1 amide bonds. The average Bonchev–Trinajstić information content (AvgIpc) is 2.43. The van der Waals surface area contributed by atoms with Crippen molar-refractivity contribution >= 4 is 33.4 Å². The summed E-state index contributed by atoms with van der Waals surface area (Å²) in [5.74, 6) is 0.332. The number of alkyl carbamates (subject to hydrolysis) is 1. The molecule has 0 aliphatic carbocycles. The molecule has 0 aliphatic heterocycles. The highest BCUT2D eigenvalue weighted by molar-refractivity contribution is 7.92. The predicted molar refractivity (Wildman–Crippen MR) is 99.2 cm³/mol. The van der Waals surface area contributed by atoms with E-state index in [1.807, 2.05) is 0 Å². The summed E-state index contributed by atoms with van der Waals surface area (Å²) < 4.78 is 35.9. The first-order valence-corrected chi connectivity index (χ1v) is 9.86. The Balaban J connectivity index is 2.98. The van der Waals surface area contributed by atoms with Crippen molar-refractivity contribution in [3.63, 3.8) is 0 Å². The number of carbonyl (C=O) groups excluding carboxylic acids is 1. The summed E-state index contributed by atoms with van der Waals surface area (Å²) in [4.78, 5) is 11.7. The Hall–Kier alpha value is -1.67. The van der Waals surface area contributed by atoms with Crippen molar-refractivity contribution in [2.45, 2.75) is 33.3 Å². The topological polar surface area (TPSA) is 84.9 Å². The minimum atomic E-state index is -3.60. The third-order valence-corrected chi connectivity index (χ3v) is 4.70. The number of aryl methyl sites for hydroxylation is 1. The van der Waals surface area contributed by atoms with Crippen LogP contribution < -0.4 is 14.4 Å². The van der Waals surface area contributed by atoms with E-state index in [1.54, 1.807) is 39.8 Å². The molecule has 0 aromatic heterocycles. The molecule has 142 valence electrons. The summed E-state index contributed by atoms with van der Waals surface area (Å²) in [6.07, 6.45) is 0.476. The summed E-state index contributed by atoms with van der Waals surface area (Å²) in [6, 6.07) is 3.20. The highest BCUT2D eigenvalue weighted by atomic mass is 35.5. The lowest BCUT2D eigenvalue weighted by molar-refractivity contribution is 0.0529. The normalized spacial score (nSPS) is 11.8. The van der Waals surface area contributed by atoms with Crippen molar-refractivity contribution in [2.24, 2.45) is 0 Å². The molecule has 0 spiro atoms. The highest BCUT2D eigenvalue weighted by Crippen LogP contribution is 2.34. The molecule has 0 unspecified atom stereocenters. The zero-order chi connectivity index (χ0) is 19.4. The third kappa shape index (κ3) is 6.62. The standard InChI is InChI=1S/C16H25ClN2O5S/c1-11-9-13(14(23-5)10-12(11)17)19(25(6,21)22)8-7-18-15(20)24-16(2,3)4/h9-10H,7-8H2,1-6H3,(H,18,20). The summed E-state index contributed by atoms with van der Waals surface area (Å²) in [5.41, 5.74) is 0.445. The zero-order valence-corrected chi connectivity index (χ0v) is 16.9. The first kappa shape index (κ1) is 21.4. The molecule has 0 aliphatic rings.